The summed E-state index contributed by atoms with van der Waals surface area (Å²) in [7, 11) is 1.76. The zero-order chi connectivity index (χ0) is 26.0. The Labute approximate surface area is 206 Å². The van der Waals surface area contributed by atoms with Gasteiger partial charge in [0, 0.05) is 7.05 Å². The van der Waals surface area contributed by atoms with Gasteiger partial charge in [0.1, 0.15) is 13.2 Å². The standard InChI is InChI=1S/C27H34N2O6/c1-8-14-32-23-19(16-30)10-12-22(26(23)35-18(5)6)29-27(31)20-11-13-21(28-7)25(34-17(3)4)24(20)33-15-9-2/h8-13,16-18,28H,1-2,14-15H2,3-7H3,(H,29,31). The van der Waals surface area contributed by atoms with Crippen LogP contribution in [0.3, 0.4) is 0 Å². The van der Waals surface area contributed by atoms with Crippen LogP contribution in [0.15, 0.2) is 49.6 Å². The maximum Gasteiger partial charge on any atom is 0.259 e. The number of carbonyl (C=O) groups is 2. The second kappa shape index (κ2) is 13.1. The summed E-state index contributed by atoms with van der Waals surface area (Å²) in [6.07, 6.45) is 3.42. The SMILES string of the molecule is C=CCOc1c(C=O)ccc(NC(=O)c2ccc(NC)c(OC(C)C)c2OCC=C)c1OC(C)C. The second-order valence-corrected chi connectivity index (χ2v) is 8.03. The molecule has 0 aromatic heterocycles. The Morgan fingerprint density at radius 2 is 1.40 bits per heavy atom. The van der Waals surface area contributed by atoms with Crippen LogP contribution in [0.4, 0.5) is 11.4 Å². The predicted molar refractivity (Wildman–Crippen MR) is 139 cm³/mol. The molecule has 0 bridgehead atoms. The quantitative estimate of drug-likeness (QED) is 0.271. The number of ether oxygens (including phenoxy) is 4. The minimum absolute atomic E-state index is 0.155. The van der Waals surface area contributed by atoms with Crippen molar-refractivity contribution in [3.8, 4) is 23.0 Å². The number of hydrogen-bond donors (Lipinski definition) is 2. The van der Waals surface area contributed by atoms with E-state index in [2.05, 4.69) is 23.8 Å². The fourth-order valence-corrected chi connectivity index (χ4v) is 3.18. The number of hydrogen-bond acceptors (Lipinski definition) is 7. The second-order valence-electron chi connectivity index (χ2n) is 8.03. The molecule has 0 fully saturated rings. The van der Waals surface area contributed by atoms with Crippen molar-refractivity contribution >= 4 is 23.6 Å². The van der Waals surface area contributed by atoms with Gasteiger partial charge in [-0.1, -0.05) is 25.3 Å². The lowest BCUT2D eigenvalue weighted by Gasteiger charge is -2.22. The molecule has 0 saturated carbocycles. The molecule has 0 spiro atoms. The van der Waals surface area contributed by atoms with Crippen LogP contribution < -0.4 is 29.6 Å². The highest BCUT2D eigenvalue weighted by Gasteiger charge is 2.24. The smallest absolute Gasteiger partial charge is 0.259 e. The van der Waals surface area contributed by atoms with Crippen LogP contribution in [0.25, 0.3) is 0 Å². The topological polar surface area (TPSA) is 95.1 Å². The maximum atomic E-state index is 13.5. The van der Waals surface area contributed by atoms with Crippen LogP contribution in [0.2, 0.25) is 0 Å². The Morgan fingerprint density at radius 1 is 0.857 bits per heavy atom. The van der Waals surface area contributed by atoms with Crippen molar-refractivity contribution in [1.82, 2.24) is 0 Å². The Balaban J connectivity index is 2.59. The zero-order valence-corrected chi connectivity index (χ0v) is 21.0. The fourth-order valence-electron chi connectivity index (χ4n) is 3.18. The van der Waals surface area contributed by atoms with E-state index in [4.69, 9.17) is 18.9 Å². The average Bonchev–Trinajstić information content (AvgIpc) is 2.82. The molecule has 0 aliphatic heterocycles. The molecular weight excluding hydrogens is 448 g/mol. The average molecular weight is 483 g/mol. The monoisotopic (exact) mass is 482 g/mol. The molecule has 0 aliphatic carbocycles. The summed E-state index contributed by atoms with van der Waals surface area (Å²) in [6.45, 7) is 15.1. The van der Waals surface area contributed by atoms with Crippen molar-refractivity contribution < 1.29 is 28.5 Å². The third kappa shape index (κ3) is 7.02. The van der Waals surface area contributed by atoms with Gasteiger partial charge in [-0.15, -0.1) is 0 Å². The molecule has 2 aromatic rings. The molecule has 0 aliphatic rings. The van der Waals surface area contributed by atoms with Crippen molar-refractivity contribution in [3.63, 3.8) is 0 Å². The highest BCUT2D eigenvalue weighted by molar-refractivity contribution is 6.08. The van der Waals surface area contributed by atoms with Crippen molar-refractivity contribution in [2.24, 2.45) is 0 Å². The number of amides is 1. The molecule has 0 radical (unpaired) electrons. The van der Waals surface area contributed by atoms with Crippen LogP contribution in [0.1, 0.15) is 48.4 Å². The molecule has 1 amide bonds. The Kier molecular flexibility index (Phi) is 10.2. The Morgan fingerprint density at radius 3 is 1.91 bits per heavy atom. The van der Waals surface area contributed by atoms with E-state index in [9.17, 15) is 9.59 Å². The first-order valence-electron chi connectivity index (χ1n) is 11.4. The lowest BCUT2D eigenvalue weighted by molar-refractivity contribution is 0.102. The first-order valence-corrected chi connectivity index (χ1v) is 11.4. The molecular formula is C27H34N2O6. The predicted octanol–water partition coefficient (Wildman–Crippen LogP) is 5.50. The van der Waals surface area contributed by atoms with Gasteiger partial charge in [0.05, 0.1) is 34.7 Å². The molecule has 2 aromatic carbocycles. The summed E-state index contributed by atoms with van der Waals surface area (Å²) < 4.78 is 23.5. The maximum absolute atomic E-state index is 13.5. The summed E-state index contributed by atoms with van der Waals surface area (Å²) in [5.41, 5.74) is 1.56. The van der Waals surface area contributed by atoms with E-state index in [1.807, 2.05) is 27.7 Å². The van der Waals surface area contributed by atoms with Crippen LogP contribution in [-0.4, -0.2) is 44.7 Å². The number of rotatable bonds is 14. The van der Waals surface area contributed by atoms with E-state index < -0.39 is 5.91 Å². The van der Waals surface area contributed by atoms with Crippen LogP contribution in [0, 0.1) is 0 Å². The van der Waals surface area contributed by atoms with E-state index in [0.717, 1.165) is 0 Å². The number of benzene rings is 2. The van der Waals surface area contributed by atoms with Crippen molar-refractivity contribution in [2.75, 3.05) is 30.9 Å². The minimum atomic E-state index is -0.456. The summed E-state index contributed by atoms with van der Waals surface area (Å²) in [5, 5.41) is 5.93. The summed E-state index contributed by atoms with van der Waals surface area (Å²) >= 11 is 0. The van der Waals surface area contributed by atoms with Gasteiger partial charge in [-0.2, -0.15) is 0 Å². The van der Waals surface area contributed by atoms with Gasteiger partial charge in [-0.05, 0) is 52.0 Å². The molecule has 0 unspecified atom stereocenters. The number of aldehydes is 1. The van der Waals surface area contributed by atoms with Gasteiger partial charge in [-0.3, -0.25) is 9.59 Å². The minimum Gasteiger partial charge on any atom is -0.485 e. The summed E-state index contributed by atoms with van der Waals surface area (Å²) in [4.78, 5) is 25.1. The van der Waals surface area contributed by atoms with E-state index in [1.54, 1.807) is 43.5 Å². The fraction of sp³-hybridized carbons (Fsp3) is 0.333. The van der Waals surface area contributed by atoms with E-state index in [-0.39, 0.29) is 48.2 Å². The molecule has 0 atom stereocenters. The van der Waals surface area contributed by atoms with Crippen LogP contribution >= 0.6 is 0 Å². The van der Waals surface area contributed by atoms with Crippen LogP contribution in [0.5, 0.6) is 23.0 Å². The number of anilines is 2. The Bertz CT molecular complexity index is 1060. The molecule has 35 heavy (non-hydrogen) atoms. The molecule has 188 valence electrons. The molecule has 8 nitrogen and oxygen atoms in total. The third-order valence-corrected chi connectivity index (χ3v) is 4.54. The van der Waals surface area contributed by atoms with Gasteiger partial charge < -0.3 is 29.6 Å². The zero-order valence-electron chi connectivity index (χ0n) is 21.0. The van der Waals surface area contributed by atoms with E-state index in [1.165, 1.54) is 0 Å². The molecule has 0 heterocycles. The highest BCUT2D eigenvalue weighted by Crippen LogP contribution is 2.42. The largest absolute Gasteiger partial charge is 0.485 e. The van der Waals surface area contributed by atoms with Gasteiger partial charge in [0.15, 0.2) is 29.3 Å². The van der Waals surface area contributed by atoms with Gasteiger partial charge in [-0.25, -0.2) is 0 Å². The highest BCUT2D eigenvalue weighted by atomic mass is 16.5. The van der Waals surface area contributed by atoms with Gasteiger partial charge >= 0.3 is 0 Å². The third-order valence-electron chi connectivity index (χ3n) is 4.54. The molecule has 2 N–H and O–H groups in total. The van der Waals surface area contributed by atoms with Crippen molar-refractivity contribution in [3.05, 3.63) is 60.7 Å². The van der Waals surface area contributed by atoms with E-state index in [0.29, 0.717) is 29.0 Å². The summed E-state index contributed by atoms with van der Waals surface area (Å²) in [5.74, 6) is 0.717. The van der Waals surface area contributed by atoms with Gasteiger partial charge in [0.2, 0.25) is 0 Å². The first kappa shape index (κ1) is 27.3. The summed E-state index contributed by atoms with van der Waals surface area (Å²) in [6, 6.07) is 6.54. The Hall–Kier alpha value is -3.94. The lowest BCUT2D eigenvalue weighted by Crippen LogP contribution is -2.18. The normalized spacial score (nSPS) is 10.5. The molecule has 2 rings (SSSR count). The lowest BCUT2D eigenvalue weighted by atomic mass is 10.1. The number of carbonyl (C=O) groups excluding carboxylic acids is 2. The number of nitrogens with one attached hydrogen (secondary N) is 2. The van der Waals surface area contributed by atoms with Crippen LogP contribution in [-0.2, 0) is 0 Å². The molecule has 8 heteroatoms. The first-order chi connectivity index (χ1) is 16.8. The van der Waals surface area contributed by atoms with Gasteiger partial charge in [0.25, 0.3) is 5.91 Å². The van der Waals surface area contributed by atoms with Crippen molar-refractivity contribution in [1.29, 1.82) is 0 Å². The van der Waals surface area contributed by atoms with E-state index >= 15 is 0 Å². The van der Waals surface area contributed by atoms with Crippen molar-refractivity contribution in [2.45, 2.75) is 39.9 Å². The molecule has 0 saturated heterocycles.